The summed E-state index contributed by atoms with van der Waals surface area (Å²) in [6.07, 6.45) is 4.33. The van der Waals surface area contributed by atoms with Crippen LogP contribution < -0.4 is 0 Å². The lowest BCUT2D eigenvalue weighted by molar-refractivity contribution is 0.757. The van der Waals surface area contributed by atoms with E-state index in [0.29, 0.717) is 11.1 Å². The Bertz CT molecular complexity index is 640. The molecule has 0 aromatic carbocycles. The molecule has 0 aliphatic rings. The highest BCUT2D eigenvalue weighted by molar-refractivity contribution is 8.00. The summed E-state index contributed by atoms with van der Waals surface area (Å²) >= 11 is 8.34. The highest BCUT2D eigenvalue weighted by Crippen LogP contribution is 2.25. The predicted octanol–water partition coefficient (Wildman–Crippen LogP) is 1.11. The Morgan fingerprint density at radius 2 is 2.17 bits per heavy atom. The number of rotatable bonds is 3. The minimum absolute atomic E-state index is 0.0857. The molecule has 0 fully saturated rings. The van der Waals surface area contributed by atoms with E-state index < -0.39 is 0 Å². The van der Waals surface area contributed by atoms with Crippen LogP contribution in [0.1, 0.15) is 0 Å². The molecule has 0 saturated carbocycles. The van der Waals surface area contributed by atoms with Crippen molar-refractivity contribution < 1.29 is 0 Å². The highest BCUT2D eigenvalue weighted by Gasteiger charge is 2.10. The predicted molar refractivity (Wildman–Crippen MR) is 63.8 cm³/mol. The monoisotopic (exact) mass is 298 g/mol. The summed E-state index contributed by atoms with van der Waals surface area (Å²) in [7, 11) is 0. The van der Waals surface area contributed by atoms with Crippen LogP contribution in [0.4, 0.5) is 0 Å². The average Bonchev–Trinajstić information content (AvgIpc) is 3.00. The Morgan fingerprint density at radius 1 is 1.22 bits per heavy atom. The Morgan fingerprint density at radius 3 is 2.89 bits per heavy atom. The lowest BCUT2D eigenvalue weighted by Crippen LogP contribution is -2.04. The third kappa shape index (κ3) is 2.44. The SMILES string of the molecule is Clc1nc(Sc2ncns2)nc(-n2cncn2)n1. The van der Waals surface area contributed by atoms with E-state index >= 15 is 0 Å². The number of hydrogen-bond acceptors (Lipinski definition) is 9. The van der Waals surface area contributed by atoms with Gasteiger partial charge in [-0.3, -0.25) is 0 Å². The average molecular weight is 299 g/mol. The maximum Gasteiger partial charge on any atom is 0.257 e. The van der Waals surface area contributed by atoms with Crippen molar-refractivity contribution in [2.45, 2.75) is 9.50 Å². The first-order valence-electron chi connectivity index (χ1n) is 4.52. The molecule has 3 aromatic heterocycles. The van der Waals surface area contributed by atoms with Crippen LogP contribution in [0.2, 0.25) is 5.28 Å². The second-order valence-electron chi connectivity index (χ2n) is 2.84. The van der Waals surface area contributed by atoms with Crippen molar-refractivity contribution in [3.8, 4) is 5.95 Å². The van der Waals surface area contributed by atoms with Crippen molar-refractivity contribution in [1.29, 1.82) is 0 Å². The lowest BCUT2D eigenvalue weighted by atomic mass is 10.9. The van der Waals surface area contributed by atoms with Crippen LogP contribution >= 0.6 is 34.9 Å². The molecule has 11 heteroatoms. The molecule has 3 aromatic rings. The number of hydrogen-bond donors (Lipinski definition) is 0. The molecule has 0 unspecified atom stereocenters. The number of aromatic nitrogens is 8. The van der Waals surface area contributed by atoms with Crippen molar-refractivity contribution in [3.05, 3.63) is 24.3 Å². The van der Waals surface area contributed by atoms with Gasteiger partial charge in [-0.1, -0.05) is 0 Å². The fourth-order valence-corrected chi connectivity index (χ4v) is 2.57. The number of halogens is 1. The Labute approximate surface area is 114 Å². The molecule has 8 nitrogen and oxygen atoms in total. The molecule has 0 N–H and O–H groups in total. The zero-order valence-corrected chi connectivity index (χ0v) is 10.9. The van der Waals surface area contributed by atoms with Gasteiger partial charge in [-0.05, 0) is 34.9 Å². The van der Waals surface area contributed by atoms with Crippen molar-refractivity contribution in [3.63, 3.8) is 0 Å². The van der Waals surface area contributed by atoms with Gasteiger partial charge in [0.1, 0.15) is 19.0 Å². The van der Waals surface area contributed by atoms with Gasteiger partial charge >= 0.3 is 0 Å². The summed E-state index contributed by atoms with van der Waals surface area (Å²) in [6.45, 7) is 0. The second-order valence-corrected chi connectivity index (χ2v) is 5.17. The Balaban J connectivity index is 1.96. The van der Waals surface area contributed by atoms with Crippen LogP contribution in [-0.4, -0.2) is 39.1 Å². The minimum Gasteiger partial charge on any atom is -0.223 e. The van der Waals surface area contributed by atoms with Gasteiger partial charge in [0.15, 0.2) is 4.34 Å². The zero-order valence-electron chi connectivity index (χ0n) is 8.50. The third-order valence-electron chi connectivity index (χ3n) is 1.72. The van der Waals surface area contributed by atoms with Gasteiger partial charge in [0.05, 0.1) is 0 Å². The van der Waals surface area contributed by atoms with E-state index in [-0.39, 0.29) is 5.28 Å². The quantitative estimate of drug-likeness (QED) is 0.709. The van der Waals surface area contributed by atoms with Crippen LogP contribution in [0.5, 0.6) is 0 Å². The maximum absolute atomic E-state index is 5.84. The fourth-order valence-electron chi connectivity index (χ4n) is 1.07. The standard InChI is InChI=1S/C7H3ClN8S2/c8-4-13-5(16-3-9-1-11-16)15-6(14-4)17-7-10-2-12-18-7/h1-3H. The molecule has 0 spiro atoms. The molecule has 3 heterocycles. The second kappa shape index (κ2) is 4.92. The lowest BCUT2D eigenvalue weighted by Gasteiger charge is -2.01. The van der Waals surface area contributed by atoms with Gasteiger partial charge in [0, 0.05) is 0 Å². The summed E-state index contributed by atoms with van der Waals surface area (Å²) in [6, 6.07) is 0. The summed E-state index contributed by atoms with van der Waals surface area (Å²) < 4.78 is 6.02. The molecule has 0 atom stereocenters. The van der Waals surface area contributed by atoms with Gasteiger partial charge in [0.2, 0.25) is 10.4 Å². The molecule has 18 heavy (non-hydrogen) atoms. The maximum atomic E-state index is 5.84. The smallest absolute Gasteiger partial charge is 0.223 e. The first kappa shape index (κ1) is 11.4. The van der Waals surface area contributed by atoms with Gasteiger partial charge in [-0.15, -0.1) is 0 Å². The molecular weight excluding hydrogens is 296 g/mol. The molecule has 0 amide bonds. The first-order valence-corrected chi connectivity index (χ1v) is 6.49. The number of nitrogens with zero attached hydrogens (tertiary/aromatic N) is 8. The fraction of sp³-hybridized carbons (Fsp3) is 0. The summed E-state index contributed by atoms with van der Waals surface area (Å²) in [5, 5.41) is 4.44. The van der Waals surface area contributed by atoms with Crippen LogP contribution in [0.3, 0.4) is 0 Å². The summed E-state index contributed by atoms with van der Waals surface area (Å²) in [4.78, 5) is 20.0. The van der Waals surface area contributed by atoms with Gasteiger partial charge in [-0.25, -0.2) is 9.97 Å². The van der Waals surface area contributed by atoms with E-state index in [1.165, 1.54) is 47.0 Å². The zero-order chi connectivity index (χ0) is 12.4. The summed E-state index contributed by atoms with van der Waals surface area (Å²) in [5.74, 6) is 0.305. The normalized spacial score (nSPS) is 10.7. The van der Waals surface area contributed by atoms with Crippen molar-refractivity contribution >= 4 is 34.9 Å². The molecule has 0 aliphatic heterocycles. The highest BCUT2D eigenvalue weighted by atomic mass is 35.5. The molecule has 90 valence electrons. The minimum atomic E-state index is 0.0857. The van der Waals surface area contributed by atoms with Gasteiger partial charge < -0.3 is 0 Å². The Kier molecular flexibility index (Phi) is 3.13. The van der Waals surface area contributed by atoms with E-state index in [4.69, 9.17) is 11.6 Å². The molecule has 3 rings (SSSR count). The van der Waals surface area contributed by atoms with E-state index in [2.05, 4.69) is 34.4 Å². The van der Waals surface area contributed by atoms with Crippen LogP contribution in [0.25, 0.3) is 5.95 Å². The van der Waals surface area contributed by atoms with Crippen molar-refractivity contribution in [2.24, 2.45) is 0 Å². The van der Waals surface area contributed by atoms with E-state index in [9.17, 15) is 0 Å². The molecule has 0 radical (unpaired) electrons. The molecular formula is C7H3ClN8S2. The van der Waals surface area contributed by atoms with Crippen LogP contribution in [-0.2, 0) is 0 Å². The van der Waals surface area contributed by atoms with Gasteiger partial charge in [-0.2, -0.15) is 29.1 Å². The van der Waals surface area contributed by atoms with Crippen LogP contribution in [0.15, 0.2) is 28.5 Å². The van der Waals surface area contributed by atoms with E-state index in [1.807, 2.05) is 0 Å². The first-order chi connectivity index (χ1) is 8.81. The van der Waals surface area contributed by atoms with Crippen LogP contribution in [0, 0.1) is 0 Å². The Hall–Kier alpha value is -1.65. The van der Waals surface area contributed by atoms with E-state index in [0.717, 1.165) is 4.34 Å². The summed E-state index contributed by atoms with van der Waals surface area (Å²) in [5.41, 5.74) is 0. The molecule has 0 saturated heterocycles. The molecule has 0 aliphatic carbocycles. The van der Waals surface area contributed by atoms with Crippen molar-refractivity contribution in [2.75, 3.05) is 0 Å². The third-order valence-corrected chi connectivity index (χ3v) is 3.47. The van der Waals surface area contributed by atoms with E-state index in [1.54, 1.807) is 0 Å². The van der Waals surface area contributed by atoms with Crippen molar-refractivity contribution in [1.82, 2.24) is 39.1 Å². The topological polar surface area (TPSA) is 95.2 Å². The van der Waals surface area contributed by atoms with Gasteiger partial charge in [0.25, 0.3) is 5.95 Å². The largest absolute Gasteiger partial charge is 0.257 e. The molecule has 0 bridgehead atoms.